The molecule has 108 valence electrons. The second-order valence-corrected chi connectivity index (χ2v) is 4.91. The van der Waals surface area contributed by atoms with Gasteiger partial charge in [-0.1, -0.05) is 17.7 Å². The number of hydrogen-bond donors (Lipinski definition) is 1. The Morgan fingerprint density at radius 2 is 1.80 bits per heavy atom. The van der Waals surface area contributed by atoms with Crippen LogP contribution < -0.4 is 5.32 Å². The van der Waals surface area contributed by atoms with Gasteiger partial charge in [-0.3, -0.25) is 9.59 Å². The van der Waals surface area contributed by atoms with Crippen LogP contribution in [0.5, 0.6) is 0 Å². The van der Waals surface area contributed by atoms with Crippen LogP contribution in [-0.2, 0) is 14.3 Å². The van der Waals surface area contributed by atoms with E-state index >= 15 is 0 Å². The topological polar surface area (TPSA) is 58.6 Å². The van der Waals surface area contributed by atoms with Crippen molar-refractivity contribution in [2.45, 2.75) is 19.8 Å². The number of aryl methyl sites for hydroxylation is 1. The first-order valence-corrected chi connectivity index (χ1v) is 6.87. The number of carbonyl (C=O) groups is 2. The van der Waals surface area contributed by atoms with Crippen LogP contribution in [0.15, 0.2) is 24.3 Å². The van der Waals surface area contributed by atoms with Gasteiger partial charge in [-0.05, 0) is 19.1 Å². The normalized spacial score (nSPS) is 14.9. The van der Waals surface area contributed by atoms with Crippen LogP contribution in [0.4, 0.5) is 5.69 Å². The van der Waals surface area contributed by atoms with E-state index in [4.69, 9.17) is 4.74 Å². The average Bonchev–Trinajstić information content (AvgIpc) is 2.48. The third kappa shape index (κ3) is 4.35. The van der Waals surface area contributed by atoms with Gasteiger partial charge in [0.1, 0.15) is 0 Å². The van der Waals surface area contributed by atoms with Crippen LogP contribution in [0.2, 0.25) is 0 Å². The van der Waals surface area contributed by atoms with Gasteiger partial charge in [-0.2, -0.15) is 0 Å². The second kappa shape index (κ2) is 7.05. The highest BCUT2D eigenvalue weighted by Crippen LogP contribution is 2.10. The summed E-state index contributed by atoms with van der Waals surface area (Å²) in [4.78, 5) is 25.4. The van der Waals surface area contributed by atoms with Gasteiger partial charge in [-0.25, -0.2) is 0 Å². The maximum atomic E-state index is 11.9. The van der Waals surface area contributed by atoms with Gasteiger partial charge in [0.15, 0.2) is 0 Å². The van der Waals surface area contributed by atoms with Crippen molar-refractivity contribution in [1.29, 1.82) is 0 Å². The first-order valence-electron chi connectivity index (χ1n) is 6.87. The number of carbonyl (C=O) groups excluding carboxylic acids is 2. The molecule has 0 unspecified atom stereocenters. The minimum atomic E-state index is -0.129. The first-order chi connectivity index (χ1) is 9.65. The van der Waals surface area contributed by atoms with Crippen LogP contribution >= 0.6 is 0 Å². The third-order valence-electron chi connectivity index (χ3n) is 3.27. The second-order valence-electron chi connectivity index (χ2n) is 4.91. The van der Waals surface area contributed by atoms with Crippen LogP contribution in [0.1, 0.15) is 18.4 Å². The van der Waals surface area contributed by atoms with Crippen LogP contribution in [0.25, 0.3) is 0 Å². The zero-order chi connectivity index (χ0) is 14.4. The number of nitrogens with zero attached hydrogens (tertiary/aromatic N) is 1. The summed E-state index contributed by atoms with van der Waals surface area (Å²) in [7, 11) is 0. The van der Waals surface area contributed by atoms with E-state index in [2.05, 4.69) is 5.32 Å². The van der Waals surface area contributed by atoms with Gasteiger partial charge >= 0.3 is 0 Å². The average molecular weight is 276 g/mol. The molecule has 1 aliphatic heterocycles. The SMILES string of the molecule is Cc1ccc(NC(=O)CCC(=O)N2CCOCC2)cc1. The van der Waals surface area contributed by atoms with Crippen molar-refractivity contribution >= 4 is 17.5 Å². The Morgan fingerprint density at radius 1 is 1.15 bits per heavy atom. The molecule has 0 aromatic heterocycles. The molecule has 1 aromatic carbocycles. The van der Waals surface area contributed by atoms with Crippen molar-refractivity contribution in [2.24, 2.45) is 0 Å². The summed E-state index contributed by atoms with van der Waals surface area (Å²) in [5.41, 5.74) is 1.91. The van der Waals surface area contributed by atoms with Gasteiger partial charge in [0, 0.05) is 31.6 Å². The molecule has 5 heteroatoms. The quantitative estimate of drug-likeness (QED) is 0.908. The predicted octanol–water partition coefficient (Wildman–Crippen LogP) is 1.57. The predicted molar refractivity (Wildman–Crippen MR) is 76.4 cm³/mol. The summed E-state index contributed by atoms with van der Waals surface area (Å²) in [6, 6.07) is 7.59. The molecule has 2 amide bonds. The van der Waals surface area contributed by atoms with E-state index in [9.17, 15) is 9.59 Å². The molecular formula is C15H20N2O3. The number of nitrogens with one attached hydrogen (secondary N) is 1. The number of amides is 2. The molecule has 1 N–H and O–H groups in total. The van der Waals surface area contributed by atoms with Gasteiger partial charge in [0.2, 0.25) is 11.8 Å². The fraction of sp³-hybridized carbons (Fsp3) is 0.467. The lowest BCUT2D eigenvalue weighted by Gasteiger charge is -2.26. The minimum Gasteiger partial charge on any atom is -0.378 e. The zero-order valence-electron chi connectivity index (χ0n) is 11.7. The molecule has 1 saturated heterocycles. The zero-order valence-corrected chi connectivity index (χ0v) is 11.7. The molecule has 1 heterocycles. The number of benzene rings is 1. The van der Waals surface area contributed by atoms with Crippen molar-refractivity contribution in [3.05, 3.63) is 29.8 Å². The Kier molecular flexibility index (Phi) is 5.12. The Labute approximate surface area is 118 Å². The molecule has 0 aliphatic carbocycles. The van der Waals surface area contributed by atoms with Crippen molar-refractivity contribution < 1.29 is 14.3 Å². The van der Waals surface area contributed by atoms with Crippen LogP contribution in [0.3, 0.4) is 0 Å². The van der Waals surface area contributed by atoms with E-state index < -0.39 is 0 Å². The van der Waals surface area contributed by atoms with Crippen molar-refractivity contribution in [2.75, 3.05) is 31.6 Å². The van der Waals surface area contributed by atoms with Gasteiger partial charge in [-0.15, -0.1) is 0 Å². The van der Waals surface area contributed by atoms with Gasteiger partial charge in [0.25, 0.3) is 0 Å². The van der Waals surface area contributed by atoms with E-state index in [1.54, 1.807) is 4.90 Å². The molecule has 0 bridgehead atoms. The fourth-order valence-electron chi connectivity index (χ4n) is 2.05. The maximum absolute atomic E-state index is 11.9. The highest BCUT2D eigenvalue weighted by molar-refractivity contribution is 5.93. The standard InChI is InChI=1S/C15H20N2O3/c1-12-2-4-13(5-3-12)16-14(18)6-7-15(19)17-8-10-20-11-9-17/h2-5H,6-11H2,1H3,(H,16,18). The number of ether oxygens (including phenoxy) is 1. The lowest BCUT2D eigenvalue weighted by atomic mass is 10.2. The summed E-state index contributed by atoms with van der Waals surface area (Å²) >= 11 is 0. The summed E-state index contributed by atoms with van der Waals surface area (Å²) in [5.74, 6) is -0.109. The molecule has 1 fully saturated rings. The Bertz CT molecular complexity index is 465. The van der Waals surface area contributed by atoms with E-state index in [0.717, 1.165) is 11.3 Å². The van der Waals surface area contributed by atoms with Gasteiger partial charge in [0.05, 0.1) is 13.2 Å². The summed E-state index contributed by atoms with van der Waals surface area (Å²) in [6.07, 6.45) is 0.460. The molecule has 20 heavy (non-hydrogen) atoms. The van der Waals surface area contributed by atoms with Crippen LogP contribution in [-0.4, -0.2) is 43.0 Å². The Morgan fingerprint density at radius 3 is 2.45 bits per heavy atom. The maximum Gasteiger partial charge on any atom is 0.224 e. The molecule has 0 radical (unpaired) electrons. The molecule has 5 nitrogen and oxygen atoms in total. The number of morpholine rings is 1. The van der Waals surface area contributed by atoms with Crippen LogP contribution in [0, 0.1) is 6.92 Å². The largest absolute Gasteiger partial charge is 0.378 e. The van der Waals surface area contributed by atoms with E-state index in [0.29, 0.717) is 26.3 Å². The molecule has 0 saturated carbocycles. The van der Waals surface area contributed by atoms with E-state index in [1.807, 2.05) is 31.2 Å². The third-order valence-corrected chi connectivity index (χ3v) is 3.27. The molecule has 0 spiro atoms. The monoisotopic (exact) mass is 276 g/mol. The fourth-order valence-corrected chi connectivity index (χ4v) is 2.05. The van der Waals surface area contributed by atoms with E-state index in [-0.39, 0.29) is 24.7 Å². The van der Waals surface area contributed by atoms with Crippen molar-refractivity contribution in [1.82, 2.24) is 4.90 Å². The molecular weight excluding hydrogens is 256 g/mol. The first kappa shape index (κ1) is 14.5. The lowest BCUT2D eigenvalue weighted by molar-refractivity contribution is -0.136. The van der Waals surface area contributed by atoms with Crippen molar-refractivity contribution in [3.8, 4) is 0 Å². The molecule has 1 aromatic rings. The Balaban J connectivity index is 1.74. The lowest BCUT2D eigenvalue weighted by Crippen LogP contribution is -2.40. The minimum absolute atomic E-state index is 0.0207. The summed E-state index contributed by atoms with van der Waals surface area (Å²) in [5, 5.41) is 2.79. The number of hydrogen-bond acceptors (Lipinski definition) is 3. The molecule has 1 aliphatic rings. The number of anilines is 1. The highest BCUT2D eigenvalue weighted by Gasteiger charge is 2.17. The summed E-state index contributed by atoms with van der Waals surface area (Å²) < 4.78 is 5.19. The molecule has 2 rings (SSSR count). The smallest absolute Gasteiger partial charge is 0.224 e. The van der Waals surface area contributed by atoms with E-state index in [1.165, 1.54) is 0 Å². The summed E-state index contributed by atoms with van der Waals surface area (Å²) in [6.45, 7) is 4.41. The highest BCUT2D eigenvalue weighted by atomic mass is 16.5. The van der Waals surface area contributed by atoms with Crippen molar-refractivity contribution in [3.63, 3.8) is 0 Å². The number of rotatable bonds is 4. The Hall–Kier alpha value is -1.88. The van der Waals surface area contributed by atoms with Gasteiger partial charge < -0.3 is 15.0 Å². The molecule has 0 atom stereocenters.